The lowest BCUT2D eigenvalue weighted by Gasteiger charge is -2.23. The molecular weight excluding hydrogens is 541 g/mol. The average Bonchev–Trinajstić information content (AvgIpc) is 3.41. The third-order valence-electron chi connectivity index (χ3n) is 6.62. The van der Waals surface area contributed by atoms with Gasteiger partial charge in [-0.3, -0.25) is 19.0 Å². The molecule has 0 saturated carbocycles. The molecule has 2 aromatic heterocycles. The molecule has 0 unspecified atom stereocenters. The van der Waals surface area contributed by atoms with E-state index in [9.17, 15) is 13.2 Å². The van der Waals surface area contributed by atoms with Gasteiger partial charge in [-0.2, -0.15) is 0 Å². The summed E-state index contributed by atoms with van der Waals surface area (Å²) < 4.78 is 29.2. The standard InChI is InChI=1S/C31H30N4O3S2/c1-4-35(25-11-6-5-7-12-25)40(37,38)26-17-15-24(16-18-26)30(36)34(21-23-10-9-19-32-20-23)31-33-29-27(22(2)3)13-8-14-28(29)39-31/h5-20,22H,4,21H2,1-3H3. The number of anilines is 2. The molecule has 2 heterocycles. The van der Waals surface area contributed by atoms with Gasteiger partial charge in [-0.15, -0.1) is 0 Å². The van der Waals surface area contributed by atoms with E-state index in [1.54, 1.807) is 60.6 Å². The van der Waals surface area contributed by atoms with Crippen LogP contribution in [0.5, 0.6) is 0 Å². The highest BCUT2D eigenvalue weighted by Crippen LogP contribution is 2.35. The van der Waals surface area contributed by atoms with E-state index in [0.717, 1.165) is 21.3 Å². The Hall–Kier alpha value is -4.08. The molecule has 5 aromatic rings. The number of benzene rings is 3. The number of nitrogens with zero attached hydrogens (tertiary/aromatic N) is 4. The number of fused-ring (bicyclic) bond motifs is 1. The number of rotatable bonds is 9. The highest BCUT2D eigenvalue weighted by Gasteiger charge is 2.26. The van der Waals surface area contributed by atoms with Crippen molar-refractivity contribution in [2.45, 2.75) is 38.1 Å². The lowest BCUT2D eigenvalue weighted by Crippen LogP contribution is -2.31. The van der Waals surface area contributed by atoms with Crippen LogP contribution in [0, 0.1) is 0 Å². The van der Waals surface area contributed by atoms with E-state index in [2.05, 4.69) is 24.9 Å². The highest BCUT2D eigenvalue weighted by atomic mass is 32.2. The maximum Gasteiger partial charge on any atom is 0.264 e. The Morgan fingerprint density at radius 1 is 0.925 bits per heavy atom. The zero-order valence-corrected chi connectivity index (χ0v) is 24.2. The number of carbonyl (C=O) groups excluding carboxylic acids is 1. The molecule has 204 valence electrons. The lowest BCUT2D eigenvalue weighted by molar-refractivity contribution is 0.0985. The molecule has 0 spiro atoms. The molecule has 9 heteroatoms. The van der Waals surface area contributed by atoms with Gasteiger partial charge in [-0.25, -0.2) is 13.4 Å². The Morgan fingerprint density at radius 3 is 2.33 bits per heavy atom. The SMILES string of the molecule is CCN(c1ccccc1)S(=O)(=O)c1ccc(C(=O)N(Cc2cccnc2)c2nc3c(C(C)C)cccc3s2)cc1. The molecule has 0 bridgehead atoms. The first-order valence-electron chi connectivity index (χ1n) is 13.1. The Bertz CT molecular complexity index is 1720. The van der Waals surface area contributed by atoms with Gasteiger partial charge in [0.1, 0.15) is 0 Å². The fourth-order valence-corrected chi connectivity index (χ4v) is 7.05. The number of hydrogen-bond acceptors (Lipinski definition) is 6. The maximum atomic E-state index is 13.9. The van der Waals surface area contributed by atoms with E-state index in [1.807, 2.05) is 30.3 Å². The van der Waals surface area contributed by atoms with Crippen molar-refractivity contribution in [2.24, 2.45) is 0 Å². The average molecular weight is 571 g/mol. The normalized spacial score (nSPS) is 11.6. The maximum absolute atomic E-state index is 13.9. The van der Waals surface area contributed by atoms with E-state index < -0.39 is 10.0 Å². The minimum atomic E-state index is -3.81. The van der Waals surface area contributed by atoms with Crippen LogP contribution in [0.15, 0.2) is 102 Å². The minimum absolute atomic E-state index is 0.120. The van der Waals surface area contributed by atoms with E-state index in [0.29, 0.717) is 16.4 Å². The first-order chi connectivity index (χ1) is 19.3. The number of hydrogen-bond donors (Lipinski definition) is 0. The van der Waals surface area contributed by atoms with Gasteiger partial charge in [0.25, 0.3) is 15.9 Å². The Morgan fingerprint density at radius 2 is 1.68 bits per heavy atom. The zero-order valence-electron chi connectivity index (χ0n) is 22.6. The summed E-state index contributed by atoms with van der Waals surface area (Å²) in [6.45, 7) is 6.60. The summed E-state index contributed by atoms with van der Waals surface area (Å²) in [6.07, 6.45) is 3.42. The molecule has 0 radical (unpaired) electrons. The smallest absolute Gasteiger partial charge is 0.264 e. The van der Waals surface area contributed by atoms with Crippen molar-refractivity contribution in [1.82, 2.24) is 9.97 Å². The number of aromatic nitrogens is 2. The summed E-state index contributed by atoms with van der Waals surface area (Å²) in [6, 6.07) is 24.9. The molecule has 0 aliphatic rings. The first kappa shape index (κ1) is 27.5. The third kappa shape index (κ3) is 5.48. The minimum Gasteiger partial charge on any atom is -0.279 e. The Labute approximate surface area is 238 Å². The predicted octanol–water partition coefficient (Wildman–Crippen LogP) is 6.88. The van der Waals surface area contributed by atoms with Crippen LogP contribution in [-0.2, 0) is 16.6 Å². The summed E-state index contributed by atoms with van der Waals surface area (Å²) in [5, 5.41) is 0.579. The molecule has 7 nitrogen and oxygen atoms in total. The van der Waals surface area contributed by atoms with E-state index in [-0.39, 0.29) is 29.8 Å². The molecule has 0 aliphatic carbocycles. The molecular formula is C31H30N4O3S2. The van der Waals surface area contributed by atoms with Crippen molar-refractivity contribution in [2.75, 3.05) is 15.7 Å². The van der Waals surface area contributed by atoms with Gasteiger partial charge in [0.05, 0.1) is 27.3 Å². The van der Waals surface area contributed by atoms with Crippen LogP contribution in [0.25, 0.3) is 10.2 Å². The van der Waals surface area contributed by atoms with Crippen molar-refractivity contribution in [3.05, 3.63) is 114 Å². The van der Waals surface area contributed by atoms with Gasteiger partial charge in [-0.05, 0) is 72.5 Å². The number of sulfonamides is 1. The molecule has 1 amide bonds. The van der Waals surface area contributed by atoms with Gasteiger partial charge in [0.15, 0.2) is 5.13 Å². The molecule has 0 atom stereocenters. The Kier molecular flexibility index (Phi) is 7.95. The molecule has 0 N–H and O–H groups in total. The van der Waals surface area contributed by atoms with Crippen LogP contribution in [0.1, 0.15) is 48.2 Å². The molecule has 40 heavy (non-hydrogen) atoms. The molecule has 0 saturated heterocycles. The number of para-hydroxylation sites is 2. The topological polar surface area (TPSA) is 83.5 Å². The summed E-state index contributed by atoms with van der Waals surface area (Å²) >= 11 is 1.46. The van der Waals surface area contributed by atoms with Gasteiger partial charge < -0.3 is 0 Å². The largest absolute Gasteiger partial charge is 0.279 e. The second-order valence-corrected chi connectivity index (χ2v) is 12.5. The van der Waals surface area contributed by atoms with Crippen LogP contribution in [0.3, 0.4) is 0 Å². The van der Waals surface area contributed by atoms with Gasteiger partial charge >= 0.3 is 0 Å². The summed E-state index contributed by atoms with van der Waals surface area (Å²) in [5.41, 5.74) is 3.84. The molecule has 0 aliphatic heterocycles. The fourth-order valence-electron chi connectivity index (χ4n) is 4.58. The molecule has 3 aromatic carbocycles. The second-order valence-electron chi connectivity index (χ2n) is 9.63. The predicted molar refractivity (Wildman–Crippen MR) is 162 cm³/mol. The van der Waals surface area contributed by atoms with E-state index >= 15 is 0 Å². The van der Waals surface area contributed by atoms with Crippen LogP contribution in [0.2, 0.25) is 0 Å². The quantitative estimate of drug-likeness (QED) is 0.193. The zero-order chi connectivity index (χ0) is 28.3. The van der Waals surface area contributed by atoms with Crippen molar-refractivity contribution < 1.29 is 13.2 Å². The van der Waals surface area contributed by atoms with E-state index in [1.165, 1.54) is 27.8 Å². The highest BCUT2D eigenvalue weighted by molar-refractivity contribution is 7.92. The van der Waals surface area contributed by atoms with Crippen molar-refractivity contribution in [3.8, 4) is 0 Å². The van der Waals surface area contributed by atoms with Gasteiger partial charge in [0.2, 0.25) is 0 Å². The summed E-state index contributed by atoms with van der Waals surface area (Å²) in [7, 11) is -3.81. The number of thiazole rings is 1. The lowest BCUT2D eigenvalue weighted by atomic mass is 10.0. The van der Waals surface area contributed by atoms with Crippen molar-refractivity contribution >= 4 is 48.3 Å². The number of carbonyl (C=O) groups is 1. The second kappa shape index (κ2) is 11.6. The van der Waals surface area contributed by atoms with Gasteiger partial charge in [-0.1, -0.05) is 61.6 Å². The van der Waals surface area contributed by atoms with Crippen molar-refractivity contribution in [1.29, 1.82) is 0 Å². The summed E-state index contributed by atoms with van der Waals surface area (Å²) in [5.74, 6) is 0.0163. The first-order valence-corrected chi connectivity index (χ1v) is 15.3. The van der Waals surface area contributed by atoms with Crippen LogP contribution in [-0.4, -0.2) is 30.8 Å². The van der Waals surface area contributed by atoms with Gasteiger partial charge in [0, 0.05) is 24.5 Å². The monoisotopic (exact) mass is 570 g/mol. The molecule has 5 rings (SSSR count). The third-order valence-corrected chi connectivity index (χ3v) is 9.58. The van der Waals surface area contributed by atoms with E-state index in [4.69, 9.17) is 4.98 Å². The van der Waals surface area contributed by atoms with Crippen molar-refractivity contribution in [3.63, 3.8) is 0 Å². The summed E-state index contributed by atoms with van der Waals surface area (Å²) in [4.78, 5) is 24.8. The number of amides is 1. The Balaban J connectivity index is 1.50. The van der Waals surface area contributed by atoms with Crippen LogP contribution < -0.4 is 9.21 Å². The van der Waals surface area contributed by atoms with Crippen LogP contribution in [0.4, 0.5) is 10.8 Å². The number of pyridine rings is 1. The van der Waals surface area contributed by atoms with Crippen LogP contribution >= 0.6 is 11.3 Å². The fraction of sp³-hybridized carbons (Fsp3) is 0.194. The molecule has 0 fully saturated rings.